The van der Waals surface area contributed by atoms with Gasteiger partial charge in [-0.15, -0.1) is 0 Å². The fraction of sp³-hybridized carbons (Fsp3) is 0.739. The summed E-state index contributed by atoms with van der Waals surface area (Å²) in [6, 6.07) is 10.3. The van der Waals surface area contributed by atoms with E-state index in [0.29, 0.717) is 0 Å². The Kier molecular flexibility index (Phi) is 12.0. The van der Waals surface area contributed by atoms with Gasteiger partial charge in [0.2, 0.25) is 0 Å². The average Bonchev–Trinajstić information content (AvgIpc) is 3.13. The number of hydrogen-bond donors (Lipinski definition) is 0. The van der Waals surface area contributed by atoms with E-state index in [1.807, 2.05) is 18.2 Å². The van der Waals surface area contributed by atoms with E-state index in [1.54, 1.807) is 0 Å². The van der Waals surface area contributed by atoms with Gasteiger partial charge in [0.25, 0.3) is 0 Å². The number of benzene rings is 1. The molecule has 154 valence electrons. The summed E-state index contributed by atoms with van der Waals surface area (Å²) in [5.41, 5.74) is 1.09. The second-order valence-electron chi connectivity index (χ2n) is 7.99. The zero-order valence-electron chi connectivity index (χ0n) is 17.6. The number of unbranched alkanes of at least 4 members (excludes halogenated alkanes) is 10. The molecule has 1 atom stereocenters. The van der Waals surface area contributed by atoms with E-state index in [2.05, 4.69) is 26.0 Å². The van der Waals surface area contributed by atoms with Gasteiger partial charge in [0.05, 0.1) is 0 Å². The number of rotatable bonds is 15. The van der Waals surface area contributed by atoms with Gasteiger partial charge < -0.3 is 0 Å². The Labute approximate surface area is 172 Å². The maximum absolute atomic E-state index is 6.56. The van der Waals surface area contributed by atoms with E-state index in [1.165, 1.54) is 77.0 Å². The van der Waals surface area contributed by atoms with Crippen LogP contribution >= 0.6 is 0 Å². The molecule has 0 bridgehead atoms. The van der Waals surface area contributed by atoms with Crippen molar-refractivity contribution in [3.05, 3.63) is 35.9 Å². The first-order valence-corrected chi connectivity index (χ1v) is 17.7. The van der Waals surface area contributed by atoms with Crippen molar-refractivity contribution in [1.82, 2.24) is 0 Å². The molecule has 1 fully saturated rings. The summed E-state index contributed by atoms with van der Waals surface area (Å²) >= 11 is -3.10. The molecule has 0 saturated carbocycles. The zero-order valence-corrected chi connectivity index (χ0v) is 20.4. The molecule has 0 aromatic heterocycles. The Bertz CT molecular complexity index is 464. The van der Waals surface area contributed by atoms with Crippen molar-refractivity contribution in [2.45, 2.75) is 106 Å². The molecule has 0 radical (unpaired) electrons. The van der Waals surface area contributed by atoms with Crippen molar-refractivity contribution in [2.75, 3.05) is 0 Å². The quantitative estimate of drug-likeness (QED) is 0.145. The topological polar surface area (TPSA) is 27.7 Å². The van der Waals surface area contributed by atoms with Gasteiger partial charge in [0.15, 0.2) is 0 Å². The summed E-state index contributed by atoms with van der Waals surface area (Å²) in [7, 11) is 0. The first kappa shape index (κ1) is 23.2. The van der Waals surface area contributed by atoms with Crippen LogP contribution in [0, 0.1) is 0 Å². The summed E-state index contributed by atoms with van der Waals surface area (Å²) in [4.78, 5) is 5.72. The molecule has 1 heterocycles. The molecule has 2 rings (SSSR count). The Balaban J connectivity index is 1.81. The third kappa shape index (κ3) is 8.84. The Hall–Kier alpha value is -0.101. The molecule has 3 nitrogen and oxygen atoms in total. The summed E-state index contributed by atoms with van der Waals surface area (Å²) in [5.74, 6) is 0. The normalized spacial score (nSPS) is 18.8. The first-order chi connectivity index (χ1) is 13.3. The van der Waals surface area contributed by atoms with Crippen molar-refractivity contribution in [3.8, 4) is 0 Å². The summed E-state index contributed by atoms with van der Waals surface area (Å²) in [6.07, 6.45) is 15.5. The third-order valence-electron chi connectivity index (χ3n) is 5.50. The van der Waals surface area contributed by atoms with E-state index >= 15 is 0 Å². The molecule has 1 aromatic rings. The first-order valence-electron chi connectivity index (χ1n) is 11.4. The maximum atomic E-state index is 6.56. The van der Waals surface area contributed by atoms with E-state index < -0.39 is 19.2 Å². The fourth-order valence-electron chi connectivity index (χ4n) is 3.78. The Morgan fingerprint density at radius 1 is 0.704 bits per heavy atom. The second-order valence-corrected chi connectivity index (χ2v) is 17.2. The van der Waals surface area contributed by atoms with E-state index in [0.717, 1.165) is 14.4 Å². The molecule has 0 spiro atoms. The predicted octanol–water partition coefficient (Wildman–Crippen LogP) is 7.83. The predicted molar refractivity (Wildman–Crippen MR) is 115 cm³/mol. The second kappa shape index (κ2) is 14.0. The molecule has 1 aliphatic heterocycles. The van der Waals surface area contributed by atoms with E-state index in [4.69, 9.17) is 11.2 Å². The SMILES string of the molecule is CCCCCCC[CH2][Sn]1([CH2]CCCCCCC)[O]O[C@H](c2ccccc2)[O]1. The molecule has 0 N–H and O–H groups in total. The van der Waals surface area contributed by atoms with Crippen molar-refractivity contribution in [3.63, 3.8) is 0 Å². The van der Waals surface area contributed by atoms with Crippen LogP contribution < -0.4 is 0 Å². The van der Waals surface area contributed by atoms with Crippen molar-refractivity contribution < 1.29 is 11.2 Å². The summed E-state index contributed by atoms with van der Waals surface area (Å²) < 4.78 is 14.9. The van der Waals surface area contributed by atoms with Crippen LogP contribution in [0.15, 0.2) is 30.3 Å². The van der Waals surface area contributed by atoms with E-state index in [-0.39, 0.29) is 6.29 Å². The molecule has 1 aromatic carbocycles. The minimum atomic E-state index is -3.10. The molecule has 1 aliphatic rings. The Morgan fingerprint density at radius 2 is 1.22 bits per heavy atom. The van der Waals surface area contributed by atoms with Gasteiger partial charge in [-0.25, -0.2) is 0 Å². The van der Waals surface area contributed by atoms with Crippen LogP contribution in [0.5, 0.6) is 0 Å². The summed E-state index contributed by atoms with van der Waals surface area (Å²) in [5, 5.41) is 0. The van der Waals surface area contributed by atoms with Crippen LogP contribution in [0.25, 0.3) is 0 Å². The molecule has 27 heavy (non-hydrogen) atoms. The van der Waals surface area contributed by atoms with Crippen molar-refractivity contribution in [2.24, 2.45) is 0 Å². The molecule has 0 unspecified atom stereocenters. The average molecular weight is 483 g/mol. The summed E-state index contributed by atoms with van der Waals surface area (Å²) in [6.45, 7) is 4.54. The molecule has 4 heteroatoms. The van der Waals surface area contributed by atoms with Crippen LogP contribution in [0.4, 0.5) is 0 Å². The van der Waals surface area contributed by atoms with Gasteiger partial charge in [-0.05, 0) is 0 Å². The Morgan fingerprint density at radius 3 is 1.78 bits per heavy atom. The van der Waals surface area contributed by atoms with Gasteiger partial charge >= 0.3 is 172 Å². The molecule has 0 aliphatic carbocycles. The van der Waals surface area contributed by atoms with E-state index in [9.17, 15) is 0 Å². The number of hydrogen-bond acceptors (Lipinski definition) is 3. The van der Waals surface area contributed by atoms with Crippen molar-refractivity contribution in [1.29, 1.82) is 0 Å². The van der Waals surface area contributed by atoms with Crippen LogP contribution in [-0.2, 0) is 11.2 Å². The monoisotopic (exact) mass is 484 g/mol. The third-order valence-corrected chi connectivity index (χ3v) is 14.8. The van der Waals surface area contributed by atoms with Crippen LogP contribution in [0.2, 0.25) is 8.87 Å². The van der Waals surface area contributed by atoms with Gasteiger partial charge in [0.1, 0.15) is 0 Å². The van der Waals surface area contributed by atoms with Gasteiger partial charge in [-0.1, -0.05) is 0 Å². The minimum absolute atomic E-state index is 0.304. The van der Waals surface area contributed by atoms with Gasteiger partial charge in [-0.3, -0.25) is 0 Å². The zero-order chi connectivity index (χ0) is 19.2. The molecule has 1 saturated heterocycles. The molecular weight excluding hydrogens is 443 g/mol. The van der Waals surface area contributed by atoms with Crippen LogP contribution in [0.1, 0.15) is 103 Å². The molecule has 0 amide bonds. The van der Waals surface area contributed by atoms with Gasteiger partial charge in [-0.2, -0.15) is 0 Å². The van der Waals surface area contributed by atoms with Crippen LogP contribution in [-0.4, -0.2) is 19.2 Å². The van der Waals surface area contributed by atoms with Crippen molar-refractivity contribution >= 4 is 19.2 Å². The van der Waals surface area contributed by atoms with Gasteiger partial charge in [0, 0.05) is 0 Å². The standard InChI is InChI=1S/2C8H17.C7H7O3.Sn/c2*1-3-5-7-8-6-4-2;8-7(10-9)6-4-2-1-3-5-6;/h2*1,3-8H2,2H3;1-5,7,9H;/q;;-1;+2/p-1/t;;7-;/m..1./s1. The van der Waals surface area contributed by atoms with Crippen LogP contribution in [0.3, 0.4) is 0 Å². The molecular formula is C23H40O3Sn. The fourth-order valence-corrected chi connectivity index (χ4v) is 12.6.